The second-order valence-electron chi connectivity index (χ2n) is 4.66. The molecule has 0 spiro atoms. The normalized spacial score (nSPS) is 11.4. The summed E-state index contributed by atoms with van der Waals surface area (Å²) in [6.45, 7) is 11.6. The first-order chi connectivity index (χ1) is 9.58. The summed E-state index contributed by atoms with van der Waals surface area (Å²) in [5.41, 5.74) is 0.910. The molecule has 6 nitrogen and oxygen atoms in total. The Labute approximate surface area is 122 Å². The molecule has 0 aliphatic heterocycles. The predicted octanol–water partition coefficient (Wildman–Crippen LogP) is 1.48. The number of aromatic nitrogens is 3. The maximum absolute atomic E-state index is 12.2. The summed E-state index contributed by atoms with van der Waals surface area (Å²) < 4.78 is 1.92. The van der Waals surface area contributed by atoms with Crippen molar-refractivity contribution in [2.75, 3.05) is 26.2 Å². The fraction of sp³-hybridized carbons (Fsp3) is 0.615. The minimum absolute atomic E-state index is 0.0236. The molecule has 110 valence electrons. The van der Waals surface area contributed by atoms with Crippen LogP contribution in [-0.2, 0) is 0 Å². The van der Waals surface area contributed by atoms with Gasteiger partial charge >= 0.3 is 0 Å². The summed E-state index contributed by atoms with van der Waals surface area (Å²) in [5.74, 6) is 0.792. The fourth-order valence-electron chi connectivity index (χ4n) is 2.22. The highest BCUT2D eigenvalue weighted by atomic mass is 32.1. The van der Waals surface area contributed by atoms with E-state index in [1.807, 2.05) is 18.2 Å². The topological polar surface area (TPSA) is 62.5 Å². The number of amides is 1. The Morgan fingerprint density at radius 3 is 2.60 bits per heavy atom. The Hall–Kier alpha value is -1.47. The van der Waals surface area contributed by atoms with Crippen LogP contribution in [-0.4, -0.2) is 51.6 Å². The number of aryl methyl sites for hydroxylation is 2. The third-order valence-corrected chi connectivity index (χ3v) is 4.60. The first-order valence-electron chi connectivity index (χ1n) is 6.90. The van der Waals surface area contributed by atoms with Crippen molar-refractivity contribution < 1.29 is 4.79 Å². The van der Waals surface area contributed by atoms with Gasteiger partial charge in [-0.3, -0.25) is 9.20 Å². The van der Waals surface area contributed by atoms with Crippen LogP contribution in [0.2, 0.25) is 0 Å². The largest absolute Gasteiger partial charge is 0.350 e. The number of hydrogen-bond acceptors (Lipinski definition) is 5. The van der Waals surface area contributed by atoms with Gasteiger partial charge in [0.1, 0.15) is 10.7 Å². The number of thiazole rings is 1. The molecule has 0 aliphatic rings. The second kappa shape index (κ2) is 6.32. The average molecular weight is 295 g/mol. The SMILES string of the molecule is CCN(CC)CCNC(=O)c1sc2nnc(C)n2c1C. The van der Waals surface area contributed by atoms with E-state index in [4.69, 9.17) is 0 Å². The zero-order valence-electron chi connectivity index (χ0n) is 12.4. The Kier molecular flexibility index (Phi) is 4.72. The van der Waals surface area contributed by atoms with E-state index in [1.54, 1.807) is 0 Å². The highest BCUT2D eigenvalue weighted by molar-refractivity contribution is 7.19. The lowest BCUT2D eigenvalue weighted by Gasteiger charge is -2.17. The molecule has 1 amide bonds. The van der Waals surface area contributed by atoms with Crippen molar-refractivity contribution in [1.29, 1.82) is 0 Å². The quantitative estimate of drug-likeness (QED) is 0.877. The van der Waals surface area contributed by atoms with E-state index >= 15 is 0 Å². The maximum Gasteiger partial charge on any atom is 0.263 e. The third kappa shape index (κ3) is 2.83. The summed E-state index contributed by atoms with van der Waals surface area (Å²) in [5, 5.41) is 11.0. The molecule has 0 fully saturated rings. The standard InChI is InChI=1S/C13H21N5OS/c1-5-17(6-2)8-7-14-12(19)11-9(3)18-10(4)15-16-13(18)20-11/h5-8H2,1-4H3,(H,14,19). The third-order valence-electron chi connectivity index (χ3n) is 3.47. The van der Waals surface area contributed by atoms with Gasteiger partial charge in [0.25, 0.3) is 5.91 Å². The van der Waals surface area contributed by atoms with Crippen LogP contribution in [0.1, 0.15) is 35.0 Å². The lowest BCUT2D eigenvalue weighted by molar-refractivity contribution is 0.0952. The van der Waals surface area contributed by atoms with Gasteiger partial charge in [-0.25, -0.2) is 0 Å². The van der Waals surface area contributed by atoms with Gasteiger partial charge in [-0.05, 0) is 26.9 Å². The molecular formula is C13H21N5OS. The van der Waals surface area contributed by atoms with E-state index in [0.29, 0.717) is 6.54 Å². The van der Waals surface area contributed by atoms with Crippen molar-refractivity contribution in [3.05, 3.63) is 16.4 Å². The summed E-state index contributed by atoms with van der Waals surface area (Å²) in [6, 6.07) is 0. The first kappa shape index (κ1) is 14.9. The molecule has 2 rings (SSSR count). The number of carbonyl (C=O) groups excluding carboxylic acids is 1. The number of fused-ring (bicyclic) bond motifs is 1. The minimum Gasteiger partial charge on any atom is -0.350 e. The molecule has 0 unspecified atom stereocenters. The van der Waals surface area contributed by atoms with Crippen LogP contribution >= 0.6 is 11.3 Å². The summed E-state index contributed by atoms with van der Waals surface area (Å²) in [4.78, 5) is 16.0. The molecule has 2 aromatic heterocycles. The van der Waals surface area contributed by atoms with E-state index in [9.17, 15) is 4.79 Å². The monoisotopic (exact) mass is 295 g/mol. The van der Waals surface area contributed by atoms with E-state index in [2.05, 4.69) is 34.3 Å². The zero-order chi connectivity index (χ0) is 14.7. The van der Waals surface area contributed by atoms with Crippen molar-refractivity contribution >= 4 is 22.2 Å². The Balaban J connectivity index is 2.03. The first-order valence-corrected chi connectivity index (χ1v) is 7.71. The predicted molar refractivity (Wildman–Crippen MR) is 80.5 cm³/mol. The van der Waals surface area contributed by atoms with Gasteiger partial charge in [0.05, 0.1) is 0 Å². The smallest absolute Gasteiger partial charge is 0.263 e. The van der Waals surface area contributed by atoms with E-state index < -0.39 is 0 Å². The molecule has 0 saturated carbocycles. The highest BCUT2D eigenvalue weighted by Crippen LogP contribution is 2.22. The molecule has 0 radical (unpaired) electrons. The molecule has 1 N–H and O–H groups in total. The fourth-order valence-corrected chi connectivity index (χ4v) is 3.25. The maximum atomic E-state index is 12.2. The van der Waals surface area contributed by atoms with Gasteiger partial charge in [-0.1, -0.05) is 25.2 Å². The Morgan fingerprint density at radius 1 is 1.30 bits per heavy atom. The van der Waals surface area contributed by atoms with E-state index in [1.165, 1.54) is 11.3 Å². The van der Waals surface area contributed by atoms with Gasteiger partial charge in [-0.15, -0.1) is 10.2 Å². The zero-order valence-corrected chi connectivity index (χ0v) is 13.3. The van der Waals surface area contributed by atoms with Crippen LogP contribution in [0.4, 0.5) is 0 Å². The lowest BCUT2D eigenvalue weighted by Crippen LogP contribution is -2.34. The lowest BCUT2D eigenvalue weighted by atomic mass is 10.3. The van der Waals surface area contributed by atoms with Crippen molar-refractivity contribution in [2.24, 2.45) is 0 Å². The van der Waals surface area contributed by atoms with Gasteiger partial charge in [0.15, 0.2) is 0 Å². The van der Waals surface area contributed by atoms with Crippen molar-refractivity contribution in [3.8, 4) is 0 Å². The number of nitrogens with zero attached hydrogens (tertiary/aromatic N) is 4. The molecule has 20 heavy (non-hydrogen) atoms. The summed E-state index contributed by atoms with van der Waals surface area (Å²) in [6.07, 6.45) is 0. The molecule has 0 aromatic carbocycles. The summed E-state index contributed by atoms with van der Waals surface area (Å²) in [7, 11) is 0. The molecule has 0 atom stereocenters. The van der Waals surface area contributed by atoms with Crippen LogP contribution < -0.4 is 5.32 Å². The number of carbonyl (C=O) groups is 1. The van der Waals surface area contributed by atoms with Gasteiger partial charge in [0.2, 0.25) is 4.96 Å². The van der Waals surface area contributed by atoms with Crippen molar-refractivity contribution in [1.82, 2.24) is 24.8 Å². The molecule has 0 aliphatic carbocycles. The molecule has 2 heterocycles. The van der Waals surface area contributed by atoms with E-state index in [0.717, 1.165) is 41.0 Å². The van der Waals surface area contributed by atoms with Crippen LogP contribution in [0.5, 0.6) is 0 Å². The molecule has 7 heteroatoms. The van der Waals surface area contributed by atoms with Crippen molar-refractivity contribution in [2.45, 2.75) is 27.7 Å². The number of rotatable bonds is 6. The van der Waals surface area contributed by atoms with Crippen LogP contribution in [0.3, 0.4) is 0 Å². The summed E-state index contributed by atoms with van der Waals surface area (Å²) >= 11 is 1.39. The van der Waals surface area contributed by atoms with Crippen LogP contribution in [0.25, 0.3) is 4.96 Å². The molecule has 0 saturated heterocycles. The van der Waals surface area contributed by atoms with Crippen LogP contribution in [0, 0.1) is 13.8 Å². The molecule has 2 aromatic rings. The average Bonchev–Trinajstić information content (AvgIpc) is 2.96. The molecular weight excluding hydrogens is 274 g/mol. The van der Waals surface area contributed by atoms with Gasteiger partial charge in [0, 0.05) is 18.8 Å². The van der Waals surface area contributed by atoms with Crippen LogP contribution in [0.15, 0.2) is 0 Å². The second-order valence-corrected chi connectivity index (χ2v) is 5.64. The van der Waals surface area contributed by atoms with Gasteiger partial charge < -0.3 is 10.2 Å². The number of hydrogen-bond donors (Lipinski definition) is 1. The van der Waals surface area contributed by atoms with E-state index in [-0.39, 0.29) is 5.91 Å². The number of likely N-dealkylation sites (N-methyl/N-ethyl adjacent to an activating group) is 1. The minimum atomic E-state index is -0.0236. The molecule has 0 bridgehead atoms. The number of nitrogens with one attached hydrogen (secondary N) is 1. The Bertz CT molecular complexity index is 599. The van der Waals surface area contributed by atoms with Crippen molar-refractivity contribution in [3.63, 3.8) is 0 Å². The Morgan fingerprint density at radius 2 is 2.00 bits per heavy atom. The highest BCUT2D eigenvalue weighted by Gasteiger charge is 2.18. The van der Waals surface area contributed by atoms with Gasteiger partial charge in [-0.2, -0.15) is 0 Å².